The molecule has 3 heteroatoms. The number of hydrogen-bond acceptors (Lipinski definition) is 3. The fourth-order valence-corrected chi connectivity index (χ4v) is 1.66. The topological polar surface area (TPSA) is 48.7 Å². The molecule has 0 spiro atoms. The molecule has 2 aromatic rings. The Kier molecular flexibility index (Phi) is 3.06. The second-order valence-corrected chi connectivity index (χ2v) is 3.96. The number of hydrogen-bond donors (Lipinski definition) is 1. The molecule has 0 aliphatic heterocycles. The lowest BCUT2D eigenvalue weighted by Gasteiger charge is -2.24. The lowest BCUT2D eigenvalue weighted by molar-refractivity contribution is 0.705. The molecular weight excluding hydrogens is 210 g/mol. The van der Waals surface area contributed by atoms with Gasteiger partial charge in [-0.3, -0.25) is 4.98 Å². The summed E-state index contributed by atoms with van der Waals surface area (Å²) in [6, 6.07) is 15.7. The van der Waals surface area contributed by atoms with Crippen LogP contribution in [0.15, 0.2) is 54.9 Å². The van der Waals surface area contributed by atoms with Crippen LogP contribution in [-0.4, -0.2) is 4.98 Å². The van der Waals surface area contributed by atoms with Gasteiger partial charge in [0.05, 0.1) is 6.07 Å². The fraction of sp³-hybridized carbons (Fsp3) is 0.143. The monoisotopic (exact) mass is 223 g/mol. The Bertz CT molecular complexity index is 516. The van der Waals surface area contributed by atoms with Gasteiger partial charge in [-0.1, -0.05) is 18.2 Å². The Labute approximate surface area is 101 Å². The van der Waals surface area contributed by atoms with Gasteiger partial charge in [0.25, 0.3) is 0 Å². The van der Waals surface area contributed by atoms with Crippen molar-refractivity contribution in [2.24, 2.45) is 0 Å². The van der Waals surface area contributed by atoms with Crippen LogP contribution in [0.1, 0.15) is 12.5 Å². The van der Waals surface area contributed by atoms with E-state index < -0.39 is 5.54 Å². The van der Waals surface area contributed by atoms with Gasteiger partial charge in [-0.05, 0) is 36.8 Å². The van der Waals surface area contributed by atoms with E-state index in [1.807, 2.05) is 49.4 Å². The van der Waals surface area contributed by atoms with Gasteiger partial charge in [0.1, 0.15) is 5.54 Å². The van der Waals surface area contributed by atoms with Gasteiger partial charge in [0, 0.05) is 18.1 Å². The van der Waals surface area contributed by atoms with Crippen molar-refractivity contribution in [3.05, 3.63) is 60.4 Å². The molecule has 3 nitrogen and oxygen atoms in total. The second-order valence-electron chi connectivity index (χ2n) is 3.96. The Morgan fingerprint density at radius 1 is 1.12 bits per heavy atom. The third kappa shape index (κ3) is 2.43. The largest absolute Gasteiger partial charge is 0.364 e. The van der Waals surface area contributed by atoms with E-state index in [9.17, 15) is 5.26 Å². The number of para-hydroxylation sites is 1. The minimum Gasteiger partial charge on any atom is -0.364 e. The molecule has 0 bridgehead atoms. The lowest BCUT2D eigenvalue weighted by Crippen LogP contribution is -2.29. The molecule has 0 aliphatic carbocycles. The molecule has 1 aromatic heterocycles. The number of nitriles is 1. The Balaban J connectivity index is 2.31. The van der Waals surface area contributed by atoms with Gasteiger partial charge >= 0.3 is 0 Å². The van der Waals surface area contributed by atoms with Crippen LogP contribution in [0.2, 0.25) is 0 Å². The van der Waals surface area contributed by atoms with Crippen molar-refractivity contribution in [1.82, 2.24) is 4.98 Å². The number of aromatic nitrogens is 1. The molecule has 1 N–H and O–H groups in total. The number of pyridine rings is 1. The lowest BCUT2D eigenvalue weighted by atomic mass is 9.94. The van der Waals surface area contributed by atoms with Crippen molar-refractivity contribution in [2.45, 2.75) is 12.5 Å². The first-order chi connectivity index (χ1) is 8.24. The zero-order valence-electron chi connectivity index (χ0n) is 9.59. The van der Waals surface area contributed by atoms with E-state index in [1.165, 1.54) is 0 Å². The zero-order valence-corrected chi connectivity index (χ0v) is 9.59. The van der Waals surface area contributed by atoms with E-state index in [2.05, 4.69) is 16.4 Å². The maximum absolute atomic E-state index is 9.37. The van der Waals surface area contributed by atoms with Gasteiger partial charge < -0.3 is 5.32 Å². The average molecular weight is 223 g/mol. The highest BCUT2D eigenvalue weighted by Crippen LogP contribution is 2.24. The van der Waals surface area contributed by atoms with Crippen molar-refractivity contribution in [3.8, 4) is 6.07 Å². The normalized spacial score (nSPS) is 13.4. The molecule has 1 heterocycles. The van der Waals surface area contributed by atoms with Crippen molar-refractivity contribution < 1.29 is 0 Å². The van der Waals surface area contributed by atoms with Gasteiger partial charge in [0.15, 0.2) is 0 Å². The van der Waals surface area contributed by atoms with Crippen LogP contribution < -0.4 is 5.32 Å². The first-order valence-corrected chi connectivity index (χ1v) is 5.39. The number of rotatable bonds is 3. The zero-order chi connectivity index (χ0) is 12.1. The minimum atomic E-state index is -0.746. The van der Waals surface area contributed by atoms with E-state index in [0.29, 0.717) is 0 Å². The van der Waals surface area contributed by atoms with Gasteiger partial charge in [-0.25, -0.2) is 0 Å². The smallest absolute Gasteiger partial charge is 0.148 e. The number of nitrogens with one attached hydrogen (secondary N) is 1. The van der Waals surface area contributed by atoms with Crippen LogP contribution in [0.4, 0.5) is 5.69 Å². The van der Waals surface area contributed by atoms with Crippen LogP contribution in [0.25, 0.3) is 0 Å². The molecular formula is C14H13N3. The summed E-state index contributed by atoms with van der Waals surface area (Å²) in [6.45, 7) is 1.86. The summed E-state index contributed by atoms with van der Waals surface area (Å²) < 4.78 is 0. The number of nitrogens with zero attached hydrogens (tertiary/aromatic N) is 2. The maximum atomic E-state index is 9.37. The molecule has 0 aliphatic rings. The number of anilines is 1. The fourth-order valence-electron chi connectivity index (χ4n) is 1.66. The summed E-state index contributed by atoms with van der Waals surface area (Å²) in [4.78, 5) is 3.96. The quantitative estimate of drug-likeness (QED) is 0.870. The molecule has 0 saturated heterocycles. The molecule has 84 valence electrons. The summed E-state index contributed by atoms with van der Waals surface area (Å²) in [5.41, 5.74) is 1.08. The Morgan fingerprint density at radius 2 is 1.76 bits per heavy atom. The molecule has 1 aromatic carbocycles. The third-order valence-corrected chi connectivity index (χ3v) is 2.65. The van der Waals surface area contributed by atoms with Gasteiger partial charge in [-0.2, -0.15) is 5.26 Å². The van der Waals surface area contributed by atoms with E-state index in [0.717, 1.165) is 11.3 Å². The van der Waals surface area contributed by atoms with E-state index in [4.69, 9.17) is 0 Å². The minimum absolute atomic E-state index is 0.746. The van der Waals surface area contributed by atoms with Crippen molar-refractivity contribution in [2.75, 3.05) is 5.32 Å². The first kappa shape index (κ1) is 11.2. The van der Waals surface area contributed by atoms with Crippen LogP contribution in [0.3, 0.4) is 0 Å². The predicted molar refractivity (Wildman–Crippen MR) is 67.3 cm³/mol. The third-order valence-electron chi connectivity index (χ3n) is 2.65. The number of benzene rings is 1. The summed E-state index contributed by atoms with van der Waals surface area (Å²) in [5, 5.41) is 12.6. The first-order valence-electron chi connectivity index (χ1n) is 5.39. The van der Waals surface area contributed by atoms with E-state index in [-0.39, 0.29) is 0 Å². The molecule has 0 amide bonds. The second kappa shape index (κ2) is 4.67. The summed E-state index contributed by atoms with van der Waals surface area (Å²) in [5.74, 6) is 0. The van der Waals surface area contributed by atoms with Crippen molar-refractivity contribution in [1.29, 1.82) is 5.26 Å². The summed E-state index contributed by atoms with van der Waals surface area (Å²) in [7, 11) is 0. The summed E-state index contributed by atoms with van der Waals surface area (Å²) >= 11 is 0. The Morgan fingerprint density at radius 3 is 2.35 bits per heavy atom. The van der Waals surface area contributed by atoms with Crippen LogP contribution >= 0.6 is 0 Å². The molecule has 0 fully saturated rings. The highest BCUT2D eigenvalue weighted by molar-refractivity contribution is 5.50. The van der Waals surface area contributed by atoms with Gasteiger partial charge in [0.2, 0.25) is 0 Å². The molecule has 1 atom stereocenters. The van der Waals surface area contributed by atoms with E-state index >= 15 is 0 Å². The molecule has 0 saturated carbocycles. The molecule has 0 unspecified atom stereocenters. The van der Waals surface area contributed by atoms with Crippen molar-refractivity contribution >= 4 is 5.69 Å². The highest BCUT2D eigenvalue weighted by atomic mass is 15.0. The predicted octanol–water partition coefficient (Wildman–Crippen LogP) is 2.93. The SMILES string of the molecule is C[C@@](C#N)(Nc1ccccc1)c1ccncc1. The Hall–Kier alpha value is -2.34. The summed E-state index contributed by atoms with van der Waals surface area (Å²) in [6.07, 6.45) is 3.38. The maximum Gasteiger partial charge on any atom is 0.148 e. The van der Waals surface area contributed by atoms with Gasteiger partial charge in [-0.15, -0.1) is 0 Å². The van der Waals surface area contributed by atoms with Crippen LogP contribution in [0.5, 0.6) is 0 Å². The van der Waals surface area contributed by atoms with Crippen molar-refractivity contribution in [3.63, 3.8) is 0 Å². The standard InChI is InChI=1S/C14H13N3/c1-14(11-15,12-7-9-16-10-8-12)17-13-5-3-2-4-6-13/h2-10,17H,1H3/t14-/m0/s1. The molecule has 0 radical (unpaired) electrons. The molecule has 17 heavy (non-hydrogen) atoms. The molecule has 2 rings (SSSR count). The average Bonchev–Trinajstić information content (AvgIpc) is 2.41. The highest BCUT2D eigenvalue weighted by Gasteiger charge is 2.25. The van der Waals surface area contributed by atoms with Crippen LogP contribution in [0, 0.1) is 11.3 Å². The van der Waals surface area contributed by atoms with Crippen LogP contribution in [-0.2, 0) is 5.54 Å². The van der Waals surface area contributed by atoms with E-state index in [1.54, 1.807) is 12.4 Å².